The predicted octanol–water partition coefficient (Wildman–Crippen LogP) is 4.54. The molecule has 7 nitrogen and oxygen atoms in total. The van der Waals surface area contributed by atoms with E-state index >= 15 is 0 Å². The van der Waals surface area contributed by atoms with Crippen LogP contribution in [0.2, 0.25) is 0 Å². The zero-order valence-corrected chi connectivity index (χ0v) is 17.1. The summed E-state index contributed by atoms with van der Waals surface area (Å²) in [6.45, 7) is 6.03. The maximum atomic E-state index is 13.0. The van der Waals surface area contributed by atoms with Crippen LogP contribution in [0.15, 0.2) is 67.3 Å². The first-order valence-electron chi connectivity index (χ1n) is 9.72. The number of rotatable bonds is 5. The van der Waals surface area contributed by atoms with Gasteiger partial charge in [0, 0.05) is 36.4 Å². The lowest BCUT2D eigenvalue weighted by molar-refractivity contribution is 0.102. The molecule has 4 aromatic heterocycles. The molecule has 0 spiro atoms. The summed E-state index contributed by atoms with van der Waals surface area (Å²) >= 11 is 0. The predicted molar refractivity (Wildman–Crippen MR) is 116 cm³/mol. The van der Waals surface area contributed by atoms with Gasteiger partial charge in [0.25, 0.3) is 5.91 Å². The lowest BCUT2D eigenvalue weighted by Crippen LogP contribution is -2.14. The van der Waals surface area contributed by atoms with Crippen LogP contribution >= 0.6 is 0 Å². The molecule has 4 heterocycles. The van der Waals surface area contributed by atoms with E-state index in [0.29, 0.717) is 28.5 Å². The molecule has 0 aliphatic carbocycles. The summed E-state index contributed by atoms with van der Waals surface area (Å²) in [5.41, 5.74) is 4.82. The van der Waals surface area contributed by atoms with Gasteiger partial charge in [-0.1, -0.05) is 12.1 Å². The van der Waals surface area contributed by atoms with Gasteiger partial charge in [0.05, 0.1) is 17.1 Å². The Morgan fingerprint density at radius 1 is 1.07 bits per heavy atom. The molecule has 0 saturated heterocycles. The molecule has 0 radical (unpaired) electrons. The van der Waals surface area contributed by atoms with Crippen LogP contribution in [0, 0.1) is 6.92 Å². The maximum Gasteiger partial charge on any atom is 0.274 e. The number of aryl methyl sites for hydroxylation is 1. The highest BCUT2D eigenvalue weighted by molar-refractivity contribution is 6.04. The van der Waals surface area contributed by atoms with Crippen LogP contribution in [0.5, 0.6) is 0 Å². The molecule has 0 unspecified atom stereocenters. The highest BCUT2D eigenvalue weighted by Crippen LogP contribution is 2.27. The van der Waals surface area contributed by atoms with Crippen LogP contribution < -0.4 is 5.32 Å². The Kier molecular flexibility index (Phi) is 5.34. The molecule has 0 bridgehead atoms. The molecule has 0 saturated carbocycles. The van der Waals surface area contributed by atoms with Crippen molar-refractivity contribution in [3.63, 3.8) is 0 Å². The number of hydrogen-bond acceptors (Lipinski definition) is 5. The third-order valence-electron chi connectivity index (χ3n) is 4.57. The van der Waals surface area contributed by atoms with Crippen LogP contribution in [0.3, 0.4) is 0 Å². The van der Waals surface area contributed by atoms with E-state index in [4.69, 9.17) is 0 Å². The van der Waals surface area contributed by atoms with Crippen LogP contribution in [0.25, 0.3) is 22.6 Å². The van der Waals surface area contributed by atoms with Crippen LogP contribution in [-0.2, 0) is 0 Å². The van der Waals surface area contributed by atoms with E-state index in [9.17, 15) is 4.79 Å². The van der Waals surface area contributed by atoms with Crippen LogP contribution in [0.1, 0.15) is 35.9 Å². The summed E-state index contributed by atoms with van der Waals surface area (Å²) in [6.07, 6.45) is 7.05. The molecule has 0 aliphatic rings. The SMILES string of the molecule is Cc1cncc(-c2cccc(C(=O)Nc3cn(C(C)C)nc3-c3ccccn3)n2)c1. The van der Waals surface area contributed by atoms with Crippen molar-refractivity contribution in [2.24, 2.45) is 0 Å². The number of hydrogen-bond donors (Lipinski definition) is 1. The minimum absolute atomic E-state index is 0.147. The monoisotopic (exact) mass is 398 g/mol. The lowest BCUT2D eigenvalue weighted by atomic mass is 10.1. The fourth-order valence-corrected chi connectivity index (χ4v) is 3.04. The van der Waals surface area contributed by atoms with Gasteiger partial charge in [-0.3, -0.25) is 19.4 Å². The van der Waals surface area contributed by atoms with Gasteiger partial charge in [-0.25, -0.2) is 4.98 Å². The van der Waals surface area contributed by atoms with Crippen molar-refractivity contribution in [1.29, 1.82) is 0 Å². The number of carbonyl (C=O) groups is 1. The van der Waals surface area contributed by atoms with E-state index in [-0.39, 0.29) is 11.9 Å². The topological polar surface area (TPSA) is 85.6 Å². The quantitative estimate of drug-likeness (QED) is 0.533. The summed E-state index contributed by atoms with van der Waals surface area (Å²) < 4.78 is 1.81. The van der Waals surface area contributed by atoms with Gasteiger partial charge in [0.2, 0.25) is 0 Å². The average molecular weight is 398 g/mol. The van der Waals surface area contributed by atoms with Gasteiger partial charge in [-0.05, 0) is 56.7 Å². The summed E-state index contributed by atoms with van der Waals surface area (Å²) in [5, 5.41) is 7.56. The first-order valence-corrected chi connectivity index (χ1v) is 9.72. The van der Waals surface area contributed by atoms with E-state index in [0.717, 1.165) is 11.1 Å². The van der Waals surface area contributed by atoms with E-state index in [1.54, 1.807) is 24.7 Å². The van der Waals surface area contributed by atoms with Crippen molar-refractivity contribution in [2.45, 2.75) is 26.8 Å². The van der Waals surface area contributed by atoms with Crippen molar-refractivity contribution in [3.8, 4) is 22.6 Å². The molecular weight excluding hydrogens is 376 g/mol. The van der Waals surface area contributed by atoms with Crippen LogP contribution in [-0.4, -0.2) is 30.6 Å². The fraction of sp³-hybridized carbons (Fsp3) is 0.174. The number of carbonyl (C=O) groups excluding carboxylic acids is 1. The summed E-state index contributed by atoms with van der Waals surface area (Å²) in [4.78, 5) is 26.1. The first-order chi connectivity index (χ1) is 14.5. The van der Waals surface area contributed by atoms with Gasteiger partial charge in [-0.15, -0.1) is 0 Å². The molecule has 150 valence electrons. The molecule has 0 fully saturated rings. The molecule has 0 aromatic carbocycles. The van der Waals surface area contributed by atoms with Gasteiger partial charge in [0.15, 0.2) is 0 Å². The van der Waals surface area contributed by atoms with Crippen molar-refractivity contribution >= 4 is 11.6 Å². The molecule has 1 N–H and O–H groups in total. The van der Waals surface area contributed by atoms with Crippen molar-refractivity contribution < 1.29 is 4.79 Å². The zero-order valence-electron chi connectivity index (χ0n) is 17.1. The summed E-state index contributed by atoms with van der Waals surface area (Å²) in [6, 6.07) is 13.1. The van der Waals surface area contributed by atoms with E-state index in [1.807, 2.05) is 68.0 Å². The van der Waals surface area contributed by atoms with Gasteiger partial charge in [-0.2, -0.15) is 5.10 Å². The van der Waals surface area contributed by atoms with E-state index in [2.05, 4.69) is 25.4 Å². The van der Waals surface area contributed by atoms with E-state index < -0.39 is 0 Å². The molecule has 1 amide bonds. The molecule has 0 atom stereocenters. The molecular formula is C23H22N6O. The summed E-state index contributed by atoms with van der Waals surface area (Å²) in [7, 11) is 0. The number of nitrogens with zero attached hydrogens (tertiary/aromatic N) is 5. The Bertz CT molecular complexity index is 1180. The number of aromatic nitrogens is 5. The molecule has 4 aromatic rings. The summed E-state index contributed by atoms with van der Waals surface area (Å²) in [5.74, 6) is -0.307. The molecule has 0 aliphatic heterocycles. The van der Waals surface area contributed by atoms with Gasteiger partial charge >= 0.3 is 0 Å². The highest BCUT2D eigenvalue weighted by Gasteiger charge is 2.18. The number of nitrogens with one attached hydrogen (secondary N) is 1. The second kappa shape index (κ2) is 8.24. The smallest absolute Gasteiger partial charge is 0.274 e. The Morgan fingerprint density at radius 2 is 1.90 bits per heavy atom. The third kappa shape index (κ3) is 4.10. The highest BCUT2D eigenvalue weighted by atomic mass is 16.1. The third-order valence-corrected chi connectivity index (χ3v) is 4.57. The first kappa shape index (κ1) is 19.4. The van der Waals surface area contributed by atoms with E-state index in [1.165, 1.54) is 0 Å². The Balaban J connectivity index is 1.65. The standard InChI is InChI=1S/C23H22N6O/c1-15(2)29-14-21(22(28-29)19-7-4-5-10-25-19)27-23(30)20-9-6-8-18(26-20)17-11-16(3)12-24-13-17/h4-15H,1-3H3,(H,27,30). The van der Waals surface area contributed by atoms with Gasteiger partial charge < -0.3 is 5.32 Å². The van der Waals surface area contributed by atoms with Gasteiger partial charge in [0.1, 0.15) is 11.4 Å². The minimum atomic E-state index is -0.307. The fourth-order valence-electron chi connectivity index (χ4n) is 3.04. The zero-order chi connectivity index (χ0) is 21.1. The average Bonchev–Trinajstić information content (AvgIpc) is 3.18. The van der Waals surface area contributed by atoms with Crippen molar-refractivity contribution in [2.75, 3.05) is 5.32 Å². The lowest BCUT2D eigenvalue weighted by Gasteiger charge is -2.07. The molecule has 7 heteroatoms. The number of anilines is 1. The Labute approximate surface area is 174 Å². The molecule has 4 rings (SSSR count). The maximum absolute atomic E-state index is 13.0. The minimum Gasteiger partial charge on any atom is -0.317 e. The number of pyridine rings is 3. The second-order valence-electron chi connectivity index (χ2n) is 7.29. The normalized spacial score (nSPS) is 10.9. The number of amides is 1. The van der Waals surface area contributed by atoms with Crippen molar-refractivity contribution in [3.05, 3.63) is 78.5 Å². The second-order valence-corrected chi connectivity index (χ2v) is 7.29. The van der Waals surface area contributed by atoms with Crippen LogP contribution in [0.4, 0.5) is 5.69 Å². The Hall–Kier alpha value is -3.87. The van der Waals surface area contributed by atoms with Crippen molar-refractivity contribution in [1.82, 2.24) is 24.7 Å². The Morgan fingerprint density at radius 3 is 2.63 bits per heavy atom. The molecule has 30 heavy (non-hydrogen) atoms. The largest absolute Gasteiger partial charge is 0.317 e.